The maximum absolute atomic E-state index is 11.5. The molecule has 0 atom stereocenters. The Hall–Kier alpha value is -2.09. The van der Waals surface area contributed by atoms with Crippen molar-refractivity contribution in [3.05, 3.63) is 54.6 Å². The highest BCUT2D eigenvalue weighted by Gasteiger charge is 2.09. The lowest BCUT2D eigenvalue weighted by Crippen LogP contribution is -2.14. The molecule has 2 heteroatoms. The molecular formula is C16H16O2. The molecular weight excluding hydrogens is 224 g/mol. The number of esters is 1. The van der Waals surface area contributed by atoms with Crippen molar-refractivity contribution in [1.82, 2.24) is 0 Å². The minimum absolute atomic E-state index is 0.120. The summed E-state index contributed by atoms with van der Waals surface area (Å²) < 4.78 is 5.30. The van der Waals surface area contributed by atoms with Gasteiger partial charge in [0.05, 0.1) is 5.92 Å². The number of benzene rings is 2. The van der Waals surface area contributed by atoms with E-state index in [1.807, 2.05) is 62.4 Å². The summed E-state index contributed by atoms with van der Waals surface area (Å²) in [6, 6.07) is 17.6. The van der Waals surface area contributed by atoms with Crippen LogP contribution in [0.1, 0.15) is 13.8 Å². The van der Waals surface area contributed by atoms with Gasteiger partial charge in [0.25, 0.3) is 0 Å². The number of carbonyl (C=O) groups is 1. The topological polar surface area (TPSA) is 26.3 Å². The molecule has 0 saturated heterocycles. The fourth-order valence-corrected chi connectivity index (χ4v) is 1.60. The van der Waals surface area contributed by atoms with Crippen molar-refractivity contribution < 1.29 is 9.53 Å². The third kappa shape index (κ3) is 2.98. The second kappa shape index (κ2) is 5.50. The van der Waals surface area contributed by atoms with E-state index in [2.05, 4.69) is 0 Å². The SMILES string of the molecule is CC(C)C(=O)Oc1cccc(-c2ccccc2)c1. The van der Waals surface area contributed by atoms with Gasteiger partial charge in [0, 0.05) is 0 Å². The van der Waals surface area contributed by atoms with Gasteiger partial charge in [-0.1, -0.05) is 56.3 Å². The molecule has 2 aromatic rings. The van der Waals surface area contributed by atoms with Gasteiger partial charge in [-0.3, -0.25) is 4.79 Å². The van der Waals surface area contributed by atoms with Crippen LogP contribution < -0.4 is 4.74 Å². The Morgan fingerprint density at radius 3 is 2.28 bits per heavy atom. The summed E-state index contributed by atoms with van der Waals surface area (Å²) in [7, 11) is 0. The largest absolute Gasteiger partial charge is 0.426 e. The maximum atomic E-state index is 11.5. The summed E-state index contributed by atoms with van der Waals surface area (Å²) in [5.74, 6) is 0.264. The van der Waals surface area contributed by atoms with Crippen molar-refractivity contribution in [2.75, 3.05) is 0 Å². The van der Waals surface area contributed by atoms with Crippen molar-refractivity contribution in [3.63, 3.8) is 0 Å². The number of rotatable bonds is 3. The Morgan fingerprint density at radius 1 is 0.944 bits per heavy atom. The molecule has 0 aliphatic carbocycles. The lowest BCUT2D eigenvalue weighted by molar-refractivity contribution is -0.137. The van der Waals surface area contributed by atoms with E-state index in [-0.39, 0.29) is 11.9 Å². The first kappa shape index (κ1) is 12.4. The predicted molar refractivity (Wildman–Crippen MR) is 72.4 cm³/mol. The minimum atomic E-state index is -0.208. The average Bonchev–Trinajstić information content (AvgIpc) is 2.40. The van der Waals surface area contributed by atoms with Crippen LogP contribution in [0.3, 0.4) is 0 Å². The second-order valence-corrected chi connectivity index (χ2v) is 4.47. The van der Waals surface area contributed by atoms with E-state index in [1.54, 1.807) is 6.07 Å². The van der Waals surface area contributed by atoms with Gasteiger partial charge in [-0.05, 0) is 23.3 Å². The molecule has 0 aromatic heterocycles. The van der Waals surface area contributed by atoms with E-state index < -0.39 is 0 Å². The molecule has 2 rings (SSSR count). The first-order chi connectivity index (χ1) is 8.66. The van der Waals surface area contributed by atoms with E-state index in [1.165, 1.54) is 0 Å². The van der Waals surface area contributed by atoms with Gasteiger partial charge in [0.1, 0.15) is 5.75 Å². The Morgan fingerprint density at radius 2 is 1.61 bits per heavy atom. The fourth-order valence-electron chi connectivity index (χ4n) is 1.60. The maximum Gasteiger partial charge on any atom is 0.313 e. The summed E-state index contributed by atoms with van der Waals surface area (Å²) in [5.41, 5.74) is 2.16. The molecule has 0 bridgehead atoms. The predicted octanol–water partition coefficient (Wildman–Crippen LogP) is 3.92. The quantitative estimate of drug-likeness (QED) is 0.600. The molecule has 0 aliphatic rings. The molecule has 0 aliphatic heterocycles. The Labute approximate surface area is 107 Å². The van der Waals surface area contributed by atoms with Crippen LogP contribution in [0.15, 0.2) is 54.6 Å². The van der Waals surface area contributed by atoms with E-state index in [4.69, 9.17) is 4.74 Å². The number of carbonyl (C=O) groups excluding carboxylic acids is 1. The molecule has 0 radical (unpaired) electrons. The summed E-state index contributed by atoms with van der Waals surface area (Å²) in [6.45, 7) is 3.65. The van der Waals surface area contributed by atoms with E-state index >= 15 is 0 Å². The molecule has 2 nitrogen and oxygen atoms in total. The first-order valence-electron chi connectivity index (χ1n) is 6.04. The zero-order chi connectivity index (χ0) is 13.0. The molecule has 0 N–H and O–H groups in total. The third-order valence-corrected chi connectivity index (χ3v) is 2.63. The molecule has 18 heavy (non-hydrogen) atoms. The smallest absolute Gasteiger partial charge is 0.313 e. The summed E-state index contributed by atoms with van der Waals surface area (Å²) >= 11 is 0. The zero-order valence-electron chi connectivity index (χ0n) is 10.6. The normalized spacial score (nSPS) is 10.4. The van der Waals surface area contributed by atoms with Gasteiger partial charge >= 0.3 is 5.97 Å². The zero-order valence-corrected chi connectivity index (χ0v) is 10.6. The number of hydrogen-bond donors (Lipinski definition) is 0. The highest BCUT2D eigenvalue weighted by atomic mass is 16.5. The second-order valence-electron chi connectivity index (χ2n) is 4.47. The van der Waals surface area contributed by atoms with Crippen molar-refractivity contribution in [3.8, 4) is 16.9 Å². The van der Waals surface area contributed by atoms with Crippen LogP contribution in [0.4, 0.5) is 0 Å². The van der Waals surface area contributed by atoms with Crippen LogP contribution in [0, 0.1) is 5.92 Å². The van der Waals surface area contributed by atoms with Gasteiger partial charge in [0.15, 0.2) is 0 Å². The highest BCUT2D eigenvalue weighted by Crippen LogP contribution is 2.23. The Kier molecular flexibility index (Phi) is 3.78. The van der Waals surface area contributed by atoms with E-state index in [0.29, 0.717) is 5.75 Å². The monoisotopic (exact) mass is 240 g/mol. The van der Waals surface area contributed by atoms with Gasteiger partial charge < -0.3 is 4.74 Å². The van der Waals surface area contributed by atoms with E-state index in [0.717, 1.165) is 11.1 Å². The summed E-state index contributed by atoms with van der Waals surface area (Å²) in [5, 5.41) is 0. The van der Waals surface area contributed by atoms with Crippen LogP contribution >= 0.6 is 0 Å². The minimum Gasteiger partial charge on any atom is -0.426 e. The van der Waals surface area contributed by atoms with Crippen molar-refractivity contribution in [1.29, 1.82) is 0 Å². The van der Waals surface area contributed by atoms with Gasteiger partial charge in [0.2, 0.25) is 0 Å². The van der Waals surface area contributed by atoms with E-state index in [9.17, 15) is 4.79 Å². The van der Waals surface area contributed by atoms with Gasteiger partial charge in [-0.15, -0.1) is 0 Å². The molecule has 0 heterocycles. The van der Waals surface area contributed by atoms with Crippen LogP contribution in [0.5, 0.6) is 5.75 Å². The molecule has 0 saturated carbocycles. The summed E-state index contributed by atoms with van der Waals surface area (Å²) in [4.78, 5) is 11.5. The third-order valence-electron chi connectivity index (χ3n) is 2.63. The molecule has 0 spiro atoms. The van der Waals surface area contributed by atoms with Gasteiger partial charge in [-0.25, -0.2) is 0 Å². The summed E-state index contributed by atoms with van der Waals surface area (Å²) in [6.07, 6.45) is 0. The molecule has 2 aromatic carbocycles. The fraction of sp³-hybridized carbons (Fsp3) is 0.188. The molecule has 0 fully saturated rings. The highest BCUT2D eigenvalue weighted by molar-refractivity contribution is 5.75. The average molecular weight is 240 g/mol. The van der Waals surface area contributed by atoms with Crippen LogP contribution in [0.25, 0.3) is 11.1 Å². The van der Waals surface area contributed by atoms with Crippen LogP contribution in [-0.2, 0) is 4.79 Å². The lowest BCUT2D eigenvalue weighted by atomic mass is 10.1. The number of hydrogen-bond acceptors (Lipinski definition) is 2. The van der Waals surface area contributed by atoms with Gasteiger partial charge in [-0.2, -0.15) is 0 Å². The molecule has 0 unspecified atom stereocenters. The standard InChI is InChI=1S/C16H16O2/c1-12(2)16(17)18-15-10-6-9-14(11-15)13-7-4-3-5-8-13/h3-12H,1-2H3. The van der Waals surface area contributed by atoms with Crippen LogP contribution in [-0.4, -0.2) is 5.97 Å². The van der Waals surface area contributed by atoms with Crippen molar-refractivity contribution in [2.24, 2.45) is 5.92 Å². The molecule has 0 amide bonds. The van der Waals surface area contributed by atoms with Crippen molar-refractivity contribution >= 4 is 5.97 Å². The Balaban J connectivity index is 2.23. The molecule has 92 valence electrons. The lowest BCUT2D eigenvalue weighted by Gasteiger charge is -2.08. The number of ether oxygens (including phenoxy) is 1. The first-order valence-corrected chi connectivity index (χ1v) is 6.04. The van der Waals surface area contributed by atoms with Crippen molar-refractivity contribution in [2.45, 2.75) is 13.8 Å². The Bertz CT molecular complexity index is 530. The van der Waals surface area contributed by atoms with Crippen LogP contribution in [0.2, 0.25) is 0 Å².